The van der Waals surface area contributed by atoms with Crippen LogP contribution in [-0.4, -0.2) is 39.0 Å². The number of para-hydroxylation sites is 2. The van der Waals surface area contributed by atoms with Crippen LogP contribution in [0.4, 0.5) is 0 Å². The number of hydrogen-bond donors (Lipinski definition) is 0. The molecular weight excluding hydrogens is 1370 g/mol. The van der Waals surface area contributed by atoms with Gasteiger partial charge in [-0.05, 0) is 161 Å². The molecule has 0 unspecified atom stereocenters. The fourth-order valence-corrected chi connectivity index (χ4v) is 18.7. The molecule has 0 bridgehead atoms. The summed E-state index contributed by atoms with van der Waals surface area (Å²) in [4.78, 5) is 30.9. The molecule has 0 aliphatic heterocycles. The lowest BCUT2D eigenvalue weighted by atomic mass is 9.55. The van der Waals surface area contributed by atoms with Crippen molar-refractivity contribution in [2.24, 2.45) is 0 Å². The summed E-state index contributed by atoms with van der Waals surface area (Å²) in [6.07, 6.45) is 0. The van der Waals surface area contributed by atoms with E-state index < -0.39 is 0 Å². The summed E-state index contributed by atoms with van der Waals surface area (Å²) < 4.78 is 4.84. The van der Waals surface area contributed by atoms with Gasteiger partial charge in [-0.2, -0.15) is 0 Å². The van der Waals surface area contributed by atoms with Gasteiger partial charge in [0, 0.05) is 77.1 Å². The first-order valence-corrected chi connectivity index (χ1v) is 39.4. The van der Waals surface area contributed by atoms with E-state index >= 15 is 0 Å². The molecule has 3 aliphatic carbocycles. The third-order valence-electron chi connectivity index (χ3n) is 26.0. The first-order chi connectivity index (χ1) is 54.8. The normalized spacial score (nSPS) is 14.8. The van der Waals surface area contributed by atoms with Crippen LogP contribution in [0.15, 0.2) is 328 Å². The van der Waals surface area contributed by atoms with Crippen LogP contribution in [0, 0.1) is 0 Å². The second-order valence-corrected chi connectivity index (χ2v) is 33.4. The topological polar surface area (TPSA) is 87.2 Å². The molecule has 3 aliphatic rings. The van der Waals surface area contributed by atoms with E-state index in [9.17, 15) is 0 Å². The highest BCUT2D eigenvalue weighted by Crippen LogP contribution is 2.59. The van der Waals surface area contributed by atoms with Gasteiger partial charge in [-0.3, -0.25) is 0 Å². The van der Waals surface area contributed by atoms with Crippen LogP contribution < -0.4 is 0 Å². The largest absolute Gasteiger partial charge is 0.309 e. The molecule has 4 heterocycles. The lowest BCUT2D eigenvalue weighted by molar-refractivity contribution is 0.299. The minimum Gasteiger partial charge on any atom is -0.309 e. The van der Waals surface area contributed by atoms with E-state index in [2.05, 4.69) is 363 Å². The van der Waals surface area contributed by atoms with Crippen LogP contribution >= 0.6 is 0 Å². The van der Waals surface area contributed by atoms with Gasteiger partial charge in [0.2, 0.25) is 0 Å². The molecule has 0 spiro atoms. The number of rotatable bonds is 9. The molecule has 0 atom stereocenters. The number of benzene rings is 14. The van der Waals surface area contributed by atoms with Crippen molar-refractivity contribution >= 4 is 43.6 Å². The van der Waals surface area contributed by atoms with Crippen LogP contribution in [-0.2, 0) is 27.1 Å². The van der Waals surface area contributed by atoms with E-state index in [4.69, 9.17) is 29.9 Å². The third kappa shape index (κ3) is 10.8. The second kappa shape index (κ2) is 25.9. The van der Waals surface area contributed by atoms with Gasteiger partial charge in [-0.25, -0.2) is 29.9 Å². The molecule has 544 valence electrons. The van der Waals surface area contributed by atoms with Crippen LogP contribution in [0.5, 0.6) is 0 Å². The van der Waals surface area contributed by atoms with Crippen molar-refractivity contribution in [3.8, 4) is 124 Å². The summed E-state index contributed by atoms with van der Waals surface area (Å²) >= 11 is 0. The molecule has 8 nitrogen and oxygen atoms in total. The fourth-order valence-electron chi connectivity index (χ4n) is 18.7. The zero-order chi connectivity index (χ0) is 76.9. The van der Waals surface area contributed by atoms with Gasteiger partial charge in [0.15, 0.2) is 34.9 Å². The van der Waals surface area contributed by atoms with Gasteiger partial charge in [0.05, 0.1) is 22.1 Å². The summed E-state index contributed by atoms with van der Waals surface area (Å²) in [6, 6.07) is 117. The quantitative estimate of drug-likeness (QED) is 0.143. The Morgan fingerprint density at radius 1 is 0.204 bits per heavy atom. The molecule has 14 aromatic carbocycles. The lowest BCUT2D eigenvalue weighted by Crippen LogP contribution is -2.43. The first kappa shape index (κ1) is 68.9. The number of hydrogen-bond acceptors (Lipinski definition) is 6. The molecule has 0 amide bonds. The predicted octanol–water partition coefficient (Wildman–Crippen LogP) is 26.4. The van der Waals surface area contributed by atoms with Crippen LogP contribution in [0.1, 0.15) is 103 Å². The molecule has 0 saturated carbocycles. The Hall–Kier alpha value is -13.3. The Labute approximate surface area is 660 Å². The van der Waals surface area contributed by atoms with Crippen molar-refractivity contribution in [1.29, 1.82) is 0 Å². The van der Waals surface area contributed by atoms with Gasteiger partial charge < -0.3 is 9.13 Å². The molecule has 21 rings (SSSR count). The van der Waals surface area contributed by atoms with E-state index in [1.807, 2.05) is 42.5 Å². The van der Waals surface area contributed by atoms with Crippen molar-refractivity contribution in [3.63, 3.8) is 0 Å². The van der Waals surface area contributed by atoms with Gasteiger partial charge in [-0.1, -0.05) is 330 Å². The van der Waals surface area contributed by atoms with Gasteiger partial charge in [0.25, 0.3) is 0 Å². The molecule has 0 N–H and O–H groups in total. The summed E-state index contributed by atoms with van der Waals surface area (Å²) in [5.41, 5.74) is 30.4. The number of aromatic nitrogens is 8. The maximum atomic E-state index is 5.25. The molecular formula is C105H84N8. The zero-order valence-corrected chi connectivity index (χ0v) is 65.3. The first-order valence-electron chi connectivity index (χ1n) is 39.4. The molecule has 0 radical (unpaired) electrons. The fraction of sp³-hybridized carbons (Fsp3) is 0.143. The van der Waals surface area contributed by atoms with Crippen LogP contribution in [0.3, 0.4) is 0 Å². The molecule has 0 fully saturated rings. The highest BCUT2D eigenvalue weighted by Gasteiger charge is 2.48. The minimum absolute atomic E-state index is 0.0398. The molecule has 4 aromatic heterocycles. The van der Waals surface area contributed by atoms with Crippen molar-refractivity contribution in [2.75, 3.05) is 0 Å². The third-order valence-corrected chi connectivity index (χ3v) is 26.0. The summed E-state index contributed by atoms with van der Waals surface area (Å²) in [7, 11) is 0. The molecule has 0 saturated heterocycles. The van der Waals surface area contributed by atoms with Crippen LogP contribution in [0.25, 0.3) is 168 Å². The Kier molecular flexibility index (Phi) is 15.8. The maximum absolute atomic E-state index is 5.25. The van der Waals surface area contributed by atoms with Crippen molar-refractivity contribution < 1.29 is 0 Å². The zero-order valence-electron chi connectivity index (χ0n) is 65.3. The van der Waals surface area contributed by atoms with E-state index in [1.165, 1.54) is 110 Å². The van der Waals surface area contributed by atoms with E-state index in [0.29, 0.717) is 34.9 Å². The Balaban J connectivity index is 0.000000147. The standard InChI is InChI=1S/C54H44N4.C51H40N4/c1-52(2)42-24-13-10-21-37(42)39-28-27-35(32-44(39)52)51-56-49(33-17-8-7-9-18-33)55-50(57-51)34-19-16-20-36(31-34)58-45-26-15-12-23-41(45)47-46(58)30-29-40-38-22-11-14-25-43(38)53(3,4)54(5,6)48(40)47;1-50(2)43-27-13-11-25-39(43)41-32-46-42(31-44(41)51(50,3)4)40-26-12-14-28-45(40)55(46)38-24-16-23-37(30-38)49-53-47(34-19-9-6-10-20-34)52-48(54-49)36-22-15-21-35(29-36)33-17-7-5-8-18-33/h7-32H,1-6H3;5-32H,1-4H3. The molecule has 8 heteroatoms. The number of nitrogens with zero attached hydrogens (tertiary/aromatic N) is 8. The van der Waals surface area contributed by atoms with Crippen molar-refractivity contribution in [2.45, 2.75) is 96.3 Å². The van der Waals surface area contributed by atoms with E-state index in [-0.39, 0.29) is 27.1 Å². The highest BCUT2D eigenvalue weighted by atomic mass is 15.1. The Morgan fingerprint density at radius 2 is 0.584 bits per heavy atom. The van der Waals surface area contributed by atoms with Crippen molar-refractivity contribution in [1.82, 2.24) is 39.0 Å². The summed E-state index contributed by atoms with van der Waals surface area (Å²) in [6.45, 7) is 23.9. The van der Waals surface area contributed by atoms with Gasteiger partial charge in [0.1, 0.15) is 0 Å². The summed E-state index contributed by atoms with van der Waals surface area (Å²) in [5.74, 6) is 3.88. The van der Waals surface area contributed by atoms with E-state index in [0.717, 1.165) is 55.9 Å². The number of fused-ring (bicyclic) bond motifs is 16. The Morgan fingerprint density at radius 3 is 1.15 bits per heavy atom. The van der Waals surface area contributed by atoms with Gasteiger partial charge >= 0.3 is 0 Å². The average molecular weight is 1460 g/mol. The van der Waals surface area contributed by atoms with Crippen molar-refractivity contribution in [3.05, 3.63) is 361 Å². The van der Waals surface area contributed by atoms with Gasteiger partial charge in [-0.15, -0.1) is 0 Å². The Bertz CT molecular complexity index is 6890. The smallest absolute Gasteiger partial charge is 0.164 e. The SMILES string of the molecule is CC1(C)c2ccccc2-c2cc3c(cc2C1(C)C)c1ccccc1n3-c1cccc(-c2nc(-c3ccccc3)nc(-c3cccc(-c4ccccc4)c3)n2)c1.CC1(C)c2ccccc2-c2ccc(-c3nc(-c4ccccc4)nc(-c4cccc(-n5c6ccccc6c6c7c(ccc65)-c5ccccc5C(C)(C)C7(C)C)c4)n3)cc21. The lowest BCUT2D eigenvalue weighted by Gasteiger charge is -2.48. The molecule has 18 aromatic rings. The average Bonchev–Trinajstić information content (AvgIpc) is 1.53. The predicted molar refractivity (Wildman–Crippen MR) is 467 cm³/mol. The monoisotopic (exact) mass is 1460 g/mol. The maximum Gasteiger partial charge on any atom is 0.164 e. The minimum atomic E-state index is -0.141. The molecule has 113 heavy (non-hydrogen) atoms. The van der Waals surface area contributed by atoms with E-state index in [1.54, 1.807) is 0 Å². The van der Waals surface area contributed by atoms with Crippen LogP contribution in [0.2, 0.25) is 0 Å². The highest BCUT2D eigenvalue weighted by molar-refractivity contribution is 6.14. The second-order valence-electron chi connectivity index (χ2n) is 33.4. The summed E-state index contributed by atoms with van der Waals surface area (Å²) in [5, 5.41) is 5.08.